The Kier molecular flexibility index (Phi) is 14.9. The lowest BCUT2D eigenvalue weighted by atomic mass is 9.99. The molecule has 0 aliphatic carbocycles. The van der Waals surface area contributed by atoms with E-state index in [1.54, 1.807) is 0 Å². The fourth-order valence-corrected chi connectivity index (χ4v) is 20.0. The zero-order valence-electron chi connectivity index (χ0n) is 62.9. The Morgan fingerprint density at radius 3 is 1.08 bits per heavy atom. The van der Waals surface area contributed by atoms with E-state index in [4.69, 9.17) is 4.42 Å². The molecule has 6 aromatic heterocycles. The van der Waals surface area contributed by atoms with Crippen molar-refractivity contribution in [1.29, 1.82) is 0 Å². The third-order valence-electron chi connectivity index (χ3n) is 24.2. The molecule has 0 unspecified atom stereocenters. The van der Waals surface area contributed by atoms with Crippen LogP contribution in [-0.2, 0) is 0 Å². The van der Waals surface area contributed by atoms with Gasteiger partial charge in [-0.3, -0.25) is 0 Å². The average molecular weight is 1490 g/mol. The fourth-order valence-electron chi connectivity index (χ4n) is 18.7. The maximum Gasteiger partial charge on any atom is 0.143 e. The summed E-state index contributed by atoms with van der Waals surface area (Å²) in [4.78, 5) is 0. The van der Waals surface area contributed by atoms with Gasteiger partial charge in [0.05, 0.1) is 44.1 Å². The number of hydrogen-bond acceptors (Lipinski definition) is 2. The van der Waals surface area contributed by atoms with E-state index in [9.17, 15) is 0 Å². The minimum absolute atomic E-state index is 0.909. The molecule has 0 N–H and O–H groups in total. The standard InChI is InChI=1S/C58H36N2S.C52H32N2O/c1-2-11-40-34-41(21-20-37(40)10-1)38-22-30-45(31-23-38)60-55-33-27-42(39-24-28-44(29-25-39)59-53-17-6-3-12-47(53)48-13-4-7-18-54(48)59)35-52(55)49-32-26-43(36-56(49)60)46-15-9-16-51-50-14-5-8-19-57(50)61-58(46)51;1-2-11-35-30-39(27-22-33(35)10-1)54-49-29-24-36(34-20-25-38(26-21-34)53-47-17-6-3-12-41(47)42-13-4-7-18-48(42)53)31-46(49)43-28-23-37(32-50(43)54)40-15-9-16-45-44-14-5-8-19-51(44)55-52(40)45/h1-36H;1-32H. The first-order chi connectivity index (χ1) is 57.5. The van der Waals surface area contributed by atoms with E-state index in [2.05, 4.69) is 425 Å². The molecule has 25 rings (SSSR count). The molecular weight excluding hydrogens is 1430 g/mol. The zero-order chi connectivity index (χ0) is 76.1. The van der Waals surface area contributed by atoms with E-state index in [1.165, 1.54) is 168 Å². The molecule has 0 saturated carbocycles. The smallest absolute Gasteiger partial charge is 0.143 e. The molecule has 0 amide bonds. The summed E-state index contributed by atoms with van der Waals surface area (Å²) in [5, 5.41) is 19.9. The summed E-state index contributed by atoms with van der Waals surface area (Å²) < 4.78 is 18.8. The number of para-hydroxylation sites is 6. The maximum absolute atomic E-state index is 6.50. The van der Waals surface area contributed by atoms with Gasteiger partial charge in [-0.05, 0) is 199 Å². The molecule has 0 bridgehead atoms. The highest BCUT2D eigenvalue weighted by molar-refractivity contribution is 7.26. The van der Waals surface area contributed by atoms with E-state index in [0.29, 0.717) is 0 Å². The van der Waals surface area contributed by atoms with Crippen LogP contribution >= 0.6 is 11.3 Å². The molecule has 0 spiro atoms. The molecule has 5 nitrogen and oxygen atoms in total. The average Bonchev–Trinajstić information content (AvgIpc) is 1.58. The Labute approximate surface area is 671 Å². The summed E-state index contributed by atoms with van der Waals surface area (Å²) >= 11 is 1.89. The first-order valence-electron chi connectivity index (χ1n) is 39.7. The summed E-state index contributed by atoms with van der Waals surface area (Å²) in [6.07, 6.45) is 0. The van der Waals surface area contributed by atoms with Crippen molar-refractivity contribution in [3.8, 4) is 78.4 Å². The van der Waals surface area contributed by atoms with E-state index in [-0.39, 0.29) is 0 Å². The maximum atomic E-state index is 6.50. The number of benzene rings is 19. The minimum atomic E-state index is 0.909. The Morgan fingerprint density at radius 1 is 0.181 bits per heavy atom. The topological polar surface area (TPSA) is 32.9 Å². The second kappa shape index (κ2) is 26.3. The molecule has 0 atom stereocenters. The van der Waals surface area contributed by atoms with Crippen LogP contribution in [0.5, 0.6) is 0 Å². The van der Waals surface area contributed by atoms with Crippen molar-refractivity contribution in [1.82, 2.24) is 18.3 Å². The van der Waals surface area contributed by atoms with Gasteiger partial charge >= 0.3 is 0 Å². The van der Waals surface area contributed by atoms with Gasteiger partial charge in [0, 0.05) is 102 Å². The molecule has 0 radical (unpaired) electrons. The third kappa shape index (κ3) is 10.5. The number of furan rings is 1. The van der Waals surface area contributed by atoms with Crippen LogP contribution in [0.15, 0.2) is 417 Å². The number of fused-ring (bicyclic) bond motifs is 20. The lowest BCUT2D eigenvalue weighted by molar-refractivity contribution is 0.670. The molecule has 0 saturated heterocycles. The summed E-state index contributed by atoms with van der Waals surface area (Å²) in [5.41, 5.74) is 27.9. The molecular formula is C110H68N4OS. The van der Waals surface area contributed by atoms with Crippen LogP contribution < -0.4 is 0 Å². The molecule has 0 aliphatic heterocycles. The summed E-state index contributed by atoms with van der Waals surface area (Å²) in [6.45, 7) is 0. The van der Waals surface area contributed by atoms with Crippen molar-refractivity contribution < 1.29 is 4.42 Å². The lowest BCUT2D eigenvalue weighted by Gasteiger charge is -2.12. The molecule has 540 valence electrons. The summed E-state index contributed by atoms with van der Waals surface area (Å²) in [7, 11) is 0. The lowest BCUT2D eigenvalue weighted by Crippen LogP contribution is -1.94. The van der Waals surface area contributed by atoms with Crippen LogP contribution in [0.25, 0.3) is 229 Å². The van der Waals surface area contributed by atoms with Gasteiger partial charge in [0.15, 0.2) is 0 Å². The van der Waals surface area contributed by atoms with Gasteiger partial charge in [-0.1, -0.05) is 285 Å². The third-order valence-corrected chi connectivity index (χ3v) is 25.5. The van der Waals surface area contributed by atoms with Gasteiger partial charge in [0.25, 0.3) is 0 Å². The Bertz CT molecular complexity index is 8220. The molecule has 6 heterocycles. The van der Waals surface area contributed by atoms with Crippen molar-refractivity contribution >= 4 is 162 Å². The van der Waals surface area contributed by atoms with Crippen molar-refractivity contribution in [3.05, 3.63) is 413 Å². The predicted octanol–water partition coefficient (Wildman–Crippen LogP) is 30.7. The van der Waals surface area contributed by atoms with Gasteiger partial charge in [-0.15, -0.1) is 11.3 Å². The quantitative estimate of drug-likeness (QED) is 0.142. The Hall–Kier alpha value is -15.1. The monoisotopic (exact) mass is 1490 g/mol. The first-order valence-corrected chi connectivity index (χ1v) is 40.6. The molecule has 19 aromatic carbocycles. The second-order valence-electron chi connectivity index (χ2n) is 30.6. The number of nitrogens with zero attached hydrogens (tertiary/aromatic N) is 4. The van der Waals surface area contributed by atoms with Crippen LogP contribution in [0.2, 0.25) is 0 Å². The predicted molar refractivity (Wildman–Crippen MR) is 493 cm³/mol. The van der Waals surface area contributed by atoms with E-state index >= 15 is 0 Å². The highest BCUT2D eigenvalue weighted by Crippen LogP contribution is 2.46. The number of aromatic nitrogens is 4. The van der Waals surface area contributed by atoms with E-state index in [0.717, 1.165) is 61.3 Å². The van der Waals surface area contributed by atoms with Gasteiger partial charge in [-0.25, -0.2) is 0 Å². The minimum Gasteiger partial charge on any atom is -0.455 e. The van der Waals surface area contributed by atoms with E-state index in [1.807, 2.05) is 17.4 Å². The SMILES string of the molecule is c1ccc2cc(-c3ccc(-n4c5ccc(-c6ccc(-n7c8ccccc8c8ccccc87)cc6)cc5c5ccc(-c6cccc7c6sc6ccccc67)cc54)cc3)ccc2c1.c1ccc2cc(-n3c4ccc(-c5ccc(-n6c7ccccc7c7ccccc76)cc5)cc4c4ccc(-c5cccc6c5oc5ccccc56)cc43)ccc2c1. The largest absolute Gasteiger partial charge is 0.455 e. The van der Waals surface area contributed by atoms with Crippen LogP contribution in [0.4, 0.5) is 0 Å². The summed E-state index contributed by atoms with van der Waals surface area (Å²) in [6, 6.07) is 151. The normalized spacial score (nSPS) is 12.0. The van der Waals surface area contributed by atoms with Crippen LogP contribution in [-0.4, -0.2) is 18.3 Å². The number of hydrogen-bond donors (Lipinski definition) is 0. The van der Waals surface area contributed by atoms with Crippen molar-refractivity contribution in [2.75, 3.05) is 0 Å². The molecule has 0 fully saturated rings. The fraction of sp³-hybridized carbons (Fsp3) is 0. The highest BCUT2D eigenvalue weighted by Gasteiger charge is 2.22. The van der Waals surface area contributed by atoms with Crippen LogP contribution in [0, 0.1) is 0 Å². The zero-order valence-corrected chi connectivity index (χ0v) is 63.7. The highest BCUT2D eigenvalue weighted by atomic mass is 32.1. The van der Waals surface area contributed by atoms with Crippen LogP contribution in [0.3, 0.4) is 0 Å². The van der Waals surface area contributed by atoms with Crippen molar-refractivity contribution in [2.45, 2.75) is 0 Å². The Balaban J connectivity index is 0.000000134. The molecule has 116 heavy (non-hydrogen) atoms. The van der Waals surface area contributed by atoms with Gasteiger partial charge in [-0.2, -0.15) is 0 Å². The Morgan fingerprint density at radius 2 is 0.534 bits per heavy atom. The first kappa shape index (κ1) is 65.6. The molecule has 0 aliphatic rings. The van der Waals surface area contributed by atoms with E-state index < -0.39 is 0 Å². The van der Waals surface area contributed by atoms with Gasteiger partial charge < -0.3 is 22.7 Å². The van der Waals surface area contributed by atoms with Crippen molar-refractivity contribution in [2.24, 2.45) is 0 Å². The van der Waals surface area contributed by atoms with Crippen LogP contribution in [0.1, 0.15) is 0 Å². The number of rotatable bonds is 9. The summed E-state index contributed by atoms with van der Waals surface area (Å²) in [5.74, 6) is 0. The number of thiophene rings is 1. The molecule has 25 aromatic rings. The van der Waals surface area contributed by atoms with Crippen molar-refractivity contribution in [3.63, 3.8) is 0 Å². The van der Waals surface area contributed by atoms with Gasteiger partial charge in [0.2, 0.25) is 0 Å². The second-order valence-corrected chi connectivity index (χ2v) is 31.7. The van der Waals surface area contributed by atoms with Gasteiger partial charge in [0.1, 0.15) is 11.2 Å². The molecule has 6 heteroatoms.